The topological polar surface area (TPSA) is 45.4 Å². The number of aliphatic hydroxyl groups is 1. The molecule has 1 atom stereocenters. The monoisotopic (exact) mass is 289 g/mol. The summed E-state index contributed by atoms with van der Waals surface area (Å²) in [6, 6.07) is 8.28. The maximum atomic E-state index is 8.96. The number of aryl methyl sites for hydroxylation is 1. The maximum Gasteiger partial charge on any atom is 0.134 e. The molecule has 3 heteroatoms. The molecule has 0 aliphatic carbocycles. The smallest absolute Gasteiger partial charge is 0.134 e. The van der Waals surface area contributed by atoms with Crippen molar-refractivity contribution in [2.24, 2.45) is 5.92 Å². The van der Waals surface area contributed by atoms with Gasteiger partial charge in [-0.2, -0.15) is 0 Å². The van der Waals surface area contributed by atoms with E-state index in [2.05, 4.69) is 31.3 Å². The first kappa shape index (κ1) is 16.1. The molecule has 0 radical (unpaired) electrons. The first-order valence-corrected chi connectivity index (χ1v) is 8.07. The molecule has 0 fully saturated rings. The summed E-state index contributed by atoms with van der Waals surface area (Å²) >= 11 is 0. The van der Waals surface area contributed by atoms with Crippen LogP contribution in [0.1, 0.15) is 44.4 Å². The lowest BCUT2D eigenvalue weighted by atomic mass is 10.1. The van der Waals surface area contributed by atoms with Crippen molar-refractivity contribution >= 4 is 11.0 Å². The Labute approximate surface area is 127 Å². The average molecular weight is 289 g/mol. The molecule has 0 saturated heterocycles. The minimum Gasteiger partial charge on any atom is -0.461 e. The van der Waals surface area contributed by atoms with E-state index in [1.807, 2.05) is 12.1 Å². The van der Waals surface area contributed by atoms with Crippen LogP contribution in [0.4, 0.5) is 0 Å². The molecule has 0 saturated carbocycles. The second-order valence-electron chi connectivity index (χ2n) is 5.85. The van der Waals surface area contributed by atoms with Gasteiger partial charge in [-0.15, -0.1) is 0 Å². The molecular weight excluding hydrogens is 262 g/mol. The number of aliphatic hydroxyl groups excluding tert-OH is 1. The second-order valence-corrected chi connectivity index (χ2v) is 5.85. The second kappa shape index (κ2) is 8.20. The molecule has 1 unspecified atom stereocenters. The van der Waals surface area contributed by atoms with E-state index >= 15 is 0 Å². The van der Waals surface area contributed by atoms with Crippen LogP contribution in [0.15, 0.2) is 28.7 Å². The van der Waals surface area contributed by atoms with Crippen LogP contribution in [0.3, 0.4) is 0 Å². The number of para-hydroxylation sites is 1. The Morgan fingerprint density at radius 1 is 1.29 bits per heavy atom. The summed E-state index contributed by atoms with van der Waals surface area (Å²) < 4.78 is 6.03. The molecular formula is C18H27NO2. The highest BCUT2D eigenvalue weighted by molar-refractivity contribution is 5.82. The van der Waals surface area contributed by atoms with Gasteiger partial charge in [-0.05, 0) is 31.4 Å². The van der Waals surface area contributed by atoms with Gasteiger partial charge < -0.3 is 14.8 Å². The Bertz CT molecular complexity index is 547. The van der Waals surface area contributed by atoms with Crippen LogP contribution in [-0.4, -0.2) is 18.3 Å². The molecule has 0 bridgehead atoms. The fourth-order valence-electron chi connectivity index (χ4n) is 2.65. The first-order valence-electron chi connectivity index (χ1n) is 8.07. The lowest BCUT2D eigenvalue weighted by molar-refractivity contribution is 0.260. The molecule has 0 aliphatic heterocycles. The summed E-state index contributed by atoms with van der Waals surface area (Å²) in [6.07, 6.45) is 4.20. The third-order valence-electron chi connectivity index (χ3n) is 3.96. The summed E-state index contributed by atoms with van der Waals surface area (Å²) in [5, 5.41) is 13.7. The number of fused-ring (bicyclic) bond motifs is 1. The van der Waals surface area contributed by atoms with Gasteiger partial charge in [0.15, 0.2) is 0 Å². The average Bonchev–Trinajstić information content (AvgIpc) is 2.83. The molecule has 1 heterocycles. The molecule has 0 aliphatic rings. The van der Waals surface area contributed by atoms with Gasteiger partial charge >= 0.3 is 0 Å². The lowest BCUT2D eigenvalue weighted by Gasteiger charge is -2.11. The quantitative estimate of drug-likeness (QED) is 0.736. The van der Waals surface area contributed by atoms with Crippen LogP contribution in [0, 0.1) is 5.92 Å². The van der Waals surface area contributed by atoms with E-state index in [9.17, 15) is 0 Å². The molecule has 1 aromatic heterocycles. The number of unbranched alkanes of at least 4 members (excludes halogenated alkanes) is 1. The van der Waals surface area contributed by atoms with Gasteiger partial charge in [-0.1, -0.05) is 38.5 Å². The number of hydrogen-bond donors (Lipinski definition) is 2. The Morgan fingerprint density at radius 2 is 2.10 bits per heavy atom. The van der Waals surface area contributed by atoms with Crippen molar-refractivity contribution in [1.29, 1.82) is 0 Å². The van der Waals surface area contributed by atoms with E-state index in [1.165, 1.54) is 17.4 Å². The highest BCUT2D eigenvalue weighted by Gasteiger charge is 2.13. The summed E-state index contributed by atoms with van der Waals surface area (Å²) in [5.74, 6) is 1.62. The van der Waals surface area contributed by atoms with Crippen molar-refractivity contribution < 1.29 is 9.52 Å². The van der Waals surface area contributed by atoms with Gasteiger partial charge in [-0.3, -0.25) is 0 Å². The van der Waals surface area contributed by atoms with E-state index in [0.717, 1.165) is 43.7 Å². The number of nitrogens with one attached hydrogen (secondary N) is 1. The lowest BCUT2D eigenvalue weighted by Crippen LogP contribution is -2.21. The highest BCUT2D eigenvalue weighted by Crippen LogP contribution is 2.27. The van der Waals surface area contributed by atoms with E-state index in [-0.39, 0.29) is 6.61 Å². The molecule has 21 heavy (non-hydrogen) atoms. The predicted octanol–water partition coefficient (Wildman–Crippen LogP) is 3.88. The third-order valence-corrected chi connectivity index (χ3v) is 3.96. The van der Waals surface area contributed by atoms with Gasteiger partial charge in [0.25, 0.3) is 0 Å². The van der Waals surface area contributed by atoms with Crippen LogP contribution < -0.4 is 5.32 Å². The molecule has 2 aromatic rings. The van der Waals surface area contributed by atoms with Crippen molar-refractivity contribution in [3.8, 4) is 0 Å². The van der Waals surface area contributed by atoms with Crippen LogP contribution in [0.5, 0.6) is 0 Å². The van der Waals surface area contributed by atoms with Crippen LogP contribution in [0.2, 0.25) is 0 Å². The Kier molecular flexibility index (Phi) is 6.27. The van der Waals surface area contributed by atoms with Crippen molar-refractivity contribution in [3.05, 3.63) is 35.6 Å². The molecule has 3 nitrogen and oxygen atoms in total. The van der Waals surface area contributed by atoms with Crippen molar-refractivity contribution in [1.82, 2.24) is 5.32 Å². The standard InChI is InChI=1S/C18H27NO2/c1-3-4-8-18-16(13-19-12-14(2)10-11-20)15-7-5-6-9-17(15)21-18/h5-7,9,14,19-20H,3-4,8,10-13H2,1-2H3. The summed E-state index contributed by atoms with van der Waals surface area (Å²) in [6.45, 7) is 6.39. The van der Waals surface area contributed by atoms with Crippen molar-refractivity contribution in [2.45, 2.75) is 46.1 Å². The Hall–Kier alpha value is -1.32. The SMILES string of the molecule is CCCCc1oc2ccccc2c1CNCC(C)CCO. The van der Waals surface area contributed by atoms with E-state index in [1.54, 1.807) is 0 Å². The van der Waals surface area contributed by atoms with Gasteiger partial charge in [-0.25, -0.2) is 0 Å². The van der Waals surface area contributed by atoms with Crippen LogP contribution in [0.25, 0.3) is 11.0 Å². The molecule has 1 aromatic carbocycles. The van der Waals surface area contributed by atoms with Gasteiger partial charge in [0.05, 0.1) is 0 Å². The molecule has 0 amide bonds. The number of hydrogen-bond acceptors (Lipinski definition) is 3. The van der Waals surface area contributed by atoms with Crippen molar-refractivity contribution in [2.75, 3.05) is 13.2 Å². The first-order chi connectivity index (χ1) is 10.3. The number of benzene rings is 1. The zero-order valence-corrected chi connectivity index (χ0v) is 13.2. The maximum absolute atomic E-state index is 8.96. The minimum absolute atomic E-state index is 0.263. The number of rotatable bonds is 9. The zero-order valence-electron chi connectivity index (χ0n) is 13.2. The van der Waals surface area contributed by atoms with E-state index < -0.39 is 0 Å². The Morgan fingerprint density at radius 3 is 2.86 bits per heavy atom. The van der Waals surface area contributed by atoms with E-state index in [4.69, 9.17) is 9.52 Å². The predicted molar refractivity (Wildman–Crippen MR) is 87.4 cm³/mol. The number of furan rings is 1. The van der Waals surface area contributed by atoms with E-state index in [0.29, 0.717) is 5.92 Å². The fourth-order valence-corrected chi connectivity index (χ4v) is 2.65. The Balaban J connectivity index is 2.08. The third kappa shape index (κ3) is 4.32. The van der Waals surface area contributed by atoms with Crippen LogP contribution in [-0.2, 0) is 13.0 Å². The largest absolute Gasteiger partial charge is 0.461 e. The summed E-state index contributed by atoms with van der Waals surface area (Å²) in [4.78, 5) is 0. The zero-order chi connectivity index (χ0) is 15.1. The molecule has 2 N–H and O–H groups in total. The normalized spacial score (nSPS) is 12.9. The van der Waals surface area contributed by atoms with Crippen LogP contribution >= 0.6 is 0 Å². The molecule has 0 spiro atoms. The van der Waals surface area contributed by atoms with Gasteiger partial charge in [0, 0.05) is 30.5 Å². The van der Waals surface area contributed by atoms with Gasteiger partial charge in [0.2, 0.25) is 0 Å². The molecule has 116 valence electrons. The fraction of sp³-hybridized carbons (Fsp3) is 0.556. The molecule has 2 rings (SSSR count). The van der Waals surface area contributed by atoms with Gasteiger partial charge in [0.1, 0.15) is 11.3 Å². The van der Waals surface area contributed by atoms with Crippen molar-refractivity contribution in [3.63, 3.8) is 0 Å². The summed E-state index contributed by atoms with van der Waals surface area (Å²) in [7, 11) is 0. The summed E-state index contributed by atoms with van der Waals surface area (Å²) in [5.41, 5.74) is 2.29. The highest BCUT2D eigenvalue weighted by atomic mass is 16.3. The minimum atomic E-state index is 0.263.